The molecular formula is C22H38N2O3. The molecule has 5 nitrogen and oxygen atoms in total. The number of nitrogens with zero attached hydrogens (tertiary/aromatic N) is 1. The van der Waals surface area contributed by atoms with Gasteiger partial charge in [-0.15, -0.1) is 0 Å². The molecule has 0 saturated heterocycles. The average Bonchev–Trinajstić information content (AvgIpc) is 2.65. The van der Waals surface area contributed by atoms with Crippen molar-refractivity contribution in [2.24, 2.45) is 45.4 Å². The van der Waals surface area contributed by atoms with E-state index in [1.54, 1.807) is 6.21 Å². The zero-order valence-electron chi connectivity index (χ0n) is 17.3. The van der Waals surface area contributed by atoms with Crippen LogP contribution in [0, 0.1) is 34.5 Å². The molecule has 0 heterocycles. The third-order valence-corrected chi connectivity index (χ3v) is 8.44. The predicted molar refractivity (Wildman–Crippen MR) is 107 cm³/mol. The van der Waals surface area contributed by atoms with Crippen molar-refractivity contribution in [2.75, 3.05) is 13.2 Å². The molecule has 0 aromatic heterocycles. The predicted octanol–water partition coefficient (Wildman–Crippen LogP) is 3.54. The summed E-state index contributed by atoms with van der Waals surface area (Å²) in [5.41, 5.74) is 5.37. The molecule has 0 spiro atoms. The molecule has 3 aliphatic carbocycles. The van der Waals surface area contributed by atoms with E-state index in [0.29, 0.717) is 30.8 Å². The molecule has 3 fully saturated rings. The topological polar surface area (TPSA) is 84.9 Å². The highest BCUT2D eigenvalue weighted by Crippen LogP contribution is 2.61. The molecule has 3 aliphatic rings. The lowest BCUT2D eigenvalue weighted by Crippen LogP contribution is -2.55. The Morgan fingerprint density at radius 1 is 1.30 bits per heavy atom. The number of ketones is 1. The first kappa shape index (κ1) is 20.8. The van der Waals surface area contributed by atoms with E-state index in [9.17, 15) is 9.90 Å². The second kappa shape index (κ2) is 8.20. The van der Waals surface area contributed by atoms with Gasteiger partial charge in [-0.1, -0.05) is 25.9 Å². The number of Topliss-reactive ketones (excluding diaryl/α,β-unsaturated/α-hetero) is 1. The van der Waals surface area contributed by atoms with E-state index in [4.69, 9.17) is 10.6 Å². The van der Waals surface area contributed by atoms with Crippen molar-refractivity contribution in [1.29, 1.82) is 0 Å². The fourth-order valence-corrected chi connectivity index (χ4v) is 6.33. The molecule has 0 aromatic rings. The summed E-state index contributed by atoms with van der Waals surface area (Å²) in [6.45, 7) is 7.64. The van der Waals surface area contributed by atoms with Crippen LogP contribution in [-0.2, 0) is 9.63 Å². The standard InChI is InChI=1S/C22H38N2O3/c1-15(8-12-24-27-13-11-23)21(2)10-7-19-18(20(21)26)5-4-16-14-17(25)6-9-22(16,19)3/h12,15-19,25H,4-11,13-14,23H2,1-3H3/b24-12+/t15-,16+,17-,18?,19?,21+,22-/m0/s1. The molecule has 154 valence electrons. The minimum atomic E-state index is -0.265. The molecule has 3 saturated carbocycles. The highest BCUT2D eigenvalue weighted by atomic mass is 16.6. The number of nitrogens with two attached hydrogens (primary N) is 1. The van der Waals surface area contributed by atoms with Crippen molar-refractivity contribution in [3.8, 4) is 0 Å². The molecule has 0 radical (unpaired) electrons. The second-order valence-electron chi connectivity index (χ2n) is 9.79. The van der Waals surface area contributed by atoms with Crippen molar-refractivity contribution in [3.63, 3.8) is 0 Å². The largest absolute Gasteiger partial charge is 0.395 e. The maximum Gasteiger partial charge on any atom is 0.142 e. The molecule has 0 bridgehead atoms. The monoisotopic (exact) mass is 378 g/mol. The quantitative estimate of drug-likeness (QED) is 0.421. The van der Waals surface area contributed by atoms with Gasteiger partial charge in [0.2, 0.25) is 0 Å². The normalized spacial score (nSPS) is 43.2. The summed E-state index contributed by atoms with van der Waals surface area (Å²) in [6, 6.07) is 0. The van der Waals surface area contributed by atoms with Crippen LogP contribution in [-0.4, -0.2) is 36.4 Å². The number of carbonyl (C=O) groups excluding carboxylic acids is 1. The summed E-state index contributed by atoms with van der Waals surface area (Å²) in [4.78, 5) is 18.7. The van der Waals surface area contributed by atoms with E-state index in [-0.39, 0.29) is 28.8 Å². The fourth-order valence-electron chi connectivity index (χ4n) is 6.33. The van der Waals surface area contributed by atoms with Gasteiger partial charge in [0.25, 0.3) is 0 Å². The lowest BCUT2D eigenvalue weighted by atomic mass is 9.46. The maximum atomic E-state index is 13.6. The Hall–Kier alpha value is -0.940. The summed E-state index contributed by atoms with van der Waals surface area (Å²) >= 11 is 0. The number of fused-ring (bicyclic) bond motifs is 3. The lowest BCUT2D eigenvalue weighted by Gasteiger charge is -2.58. The molecule has 2 unspecified atom stereocenters. The second-order valence-corrected chi connectivity index (χ2v) is 9.79. The van der Waals surface area contributed by atoms with Gasteiger partial charge in [-0.25, -0.2) is 0 Å². The SMILES string of the molecule is C[C@@H](C/C=N/OCCN)[C@@]1(C)CCC2C(CC[C@@H]3C[C@@H](O)CC[C@]23C)C1=O. The summed E-state index contributed by atoms with van der Waals surface area (Å²) in [7, 11) is 0. The number of hydrogen-bond acceptors (Lipinski definition) is 5. The highest BCUT2D eigenvalue weighted by Gasteiger charge is 2.57. The van der Waals surface area contributed by atoms with Crippen molar-refractivity contribution in [3.05, 3.63) is 0 Å². The Bertz CT molecular complexity index is 566. The average molecular weight is 379 g/mol. The molecule has 5 heteroatoms. The number of oxime groups is 1. The Morgan fingerprint density at radius 3 is 2.81 bits per heavy atom. The molecule has 7 atom stereocenters. The van der Waals surface area contributed by atoms with Crippen LogP contribution in [0.3, 0.4) is 0 Å². The zero-order valence-corrected chi connectivity index (χ0v) is 17.3. The van der Waals surface area contributed by atoms with Gasteiger partial charge >= 0.3 is 0 Å². The molecular weight excluding hydrogens is 340 g/mol. The third kappa shape index (κ3) is 3.82. The highest BCUT2D eigenvalue weighted by molar-refractivity contribution is 5.88. The van der Waals surface area contributed by atoms with Crippen LogP contribution in [0.2, 0.25) is 0 Å². The zero-order chi connectivity index (χ0) is 19.7. The molecule has 3 N–H and O–H groups in total. The number of aliphatic hydroxyl groups excluding tert-OH is 1. The maximum absolute atomic E-state index is 13.6. The van der Waals surface area contributed by atoms with Gasteiger partial charge < -0.3 is 15.7 Å². The van der Waals surface area contributed by atoms with Crippen LogP contribution in [0.15, 0.2) is 5.16 Å². The van der Waals surface area contributed by atoms with E-state index in [0.717, 1.165) is 51.4 Å². The lowest BCUT2D eigenvalue weighted by molar-refractivity contribution is -0.156. The number of rotatable bonds is 6. The molecule has 0 aliphatic heterocycles. The summed E-state index contributed by atoms with van der Waals surface area (Å²) in [5, 5.41) is 14.1. The van der Waals surface area contributed by atoms with Crippen molar-refractivity contribution >= 4 is 12.0 Å². The smallest absolute Gasteiger partial charge is 0.142 e. The minimum absolute atomic E-state index is 0.134. The molecule has 3 rings (SSSR count). The molecule has 0 aromatic carbocycles. The fraction of sp³-hybridized carbons (Fsp3) is 0.909. The van der Waals surface area contributed by atoms with Crippen LogP contribution in [0.5, 0.6) is 0 Å². The first-order valence-electron chi connectivity index (χ1n) is 10.9. The van der Waals surface area contributed by atoms with Gasteiger partial charge in [-0.3, -0.25) is 4.79 Å². The first-order valence-corrected chi connectivity index (χ1v) is 10.9. The van der Waals surface area contributed by atoms with Gasteiger partial charge in [0.15, 0.2) is 0 Å². The Balaban J connectivity index is 1.68. The van der Waals surface area contributed by atoms with E-state index < -0.39 is 0 Å². The van der Waals surface area contributed by atoms with E-state index in [2.05, 4.69) is 25.9 Å². The molecule has 0 amide bonds. The van der Waals surface area contributed by atoms with Crippen molar-refractivity contribution < 1.29 is 14.7 Å². The van der Waals surface area contributed by atoms with Crippen LogP contribution in [0.1, 0.15) is 72.1 Å². The summed E-state index contributed by atoms with van der Waals surface area (Å²) in [6.07, 6.45) is 9.54. The van der Waals surface area contributed by atoms with Crippen LogP contribution in [0.25, 0.3) is 0 Å². The number of carbonyl (C=O) groups is 1. The van der Waals surface area contributed by atoms with Crippen molar-refractivity contribution in [2.45, 2.75) is 78.2 Å². The first-order chi connectivity index (χ1) is 12.8. The Morgan fingerprint density at radius 2 is 2.07 bits per heavy atom. The number of hydrogen-bond donors (Lipinski definition) is 2. The van der Waals surface area contributed by atoms with Crippen molar-refractivity contribution in [1.82, 2.24) is 0 Å². The van der Waals surface area contributed by atoms with Gasteiger partial charge in [-0.05, 0) is 74.5 Å². The summed E-state index contributed by atoms with van der Waals surface area (Å²) in [5.74, 6) is 2.03. The van der Waals surface area contributed by atoms with E-state index >= 15 is 0 Å². The van der Waals surface area contributed by atoms with E-state index in [1.807, 2.05) is 0 Å². The number of aliphatic hydroxyl groups is 1. The minimum Gasteiger partial charge on any atom is -0.395 e. The van der Waals surface area contributed by atoms with Crippen LogP contribution in [0.4, 0.5) is 0 Å². The van der Waals surface area contributed by atoms with Crippen LogP contribution < -0.4 is 5.73 Å². The summed E-state index contributed by atoms with van der Waals surface area (Å²) < 4.78 is 0. The Kier molecular flexibility index (Phi) is 6.31. The van der Waals surface area contributed by atoms with E-state index in [1.165, 1.54) is 0 Å². The van der Waals surface area contributed by atoms with Gasteiger partial charge in [0.05, 0.1) is 6.10 Å². The van der Waals surface area contributed by atoms with Crippen LogP contribution >= 0.6 is 0 Å². The van der Waals surface area contributed by atoms with Gasteiger partial charge in [-0.2, -0.15) is 0 Å². The third-order valence-electron chi connectivity index (χ3n) is 8.44. The van der Waals surface area contributed by atoms with Gasteiger partial charge in [0, 0.05) is 24.1 Å². The molecule has 27 heavy (non-hydrogen) atoms. The van der Waals surface area contributed by atoms with Gasteiger partial charge in [0.1, 0.15) is 12.4 Å². The Labute approximate surface area is 164 Å².